The fraction of sp³-hybridized carbons (Fsp3) is 0.769. The lowest BCUT2D eigenvalue weighted by Gasteiger charge is -2.27. The number of hydrogen-bond acceptors (Lipinski definition) is 4. The smallest absolute Gasteiger partial charge is 0.119 e. The largest absolute Gasteiger partial charge is 0.371 e. The Labute approximate surface area is 108 Å². The lowest BCUT2D eigenvalue weighted by Crippen LogP contribution is -2.32. The van der Waals surface area contributed by atoms with Crippen molar-refractivity contribution < 1.29 is 4.74 Å². The van der Waals surface area contributed by atoms with E-state index in [4.69, 9.17) is 4.74 Å². The summed E-state index contributed by atoms with van der Waals surface area (Å²) in [6, 6.07) is 0.694. The molecule has 96 valence electrons. The van der Waals surface area contributed by atoms with Gasteiger partial charge in [-0.05, 0) is 46.6 Å². The van der Waals surface area contributed by atoms with Crippen LogP contribution in [0.3, 0.4) is 0 Å². The fourth-order valence-electron chi connectivity index (χ4n) is 2.31. The number of thiazole rings is 1. The van der Waals surface area contributed by atoms with Gasteiger partial charge in [0.2, 0.25) is 0 Å². The van der Waals surface area contributed by atoms with Crippen LogP contribution >= 0.6 is 11.3 Å². The van der Waals surface area contributed by atoms with Gasteiger partial charge in [0.05, 0.1) is 18.4 Å². The van der Waals surface area contributed by atoms with Crippen molar-refractivity contribution in [2.75, 3.05) is 7.05 Å². The first kappa shape index (κ1) is 13.0. The minimum absolute atomic E-state index is 0.434. The molecule has 0 unspecified atom stereocenters. The zero-order valence-corrected chi connectivity index (χ0v) is 11.8. The van der Waals surface area contributed by atoms with Gasteiger partial charge < -0.3 is 10.1 Å². The van der Waals surface area contributed by atoms with Crippen LogP contribution < -0.4 is 5.32 Å². The van der Waals surface area contributed by atoms with Crippen molar-refractivity contribution >= 4 is 11.3 Å². The molecule has 0 bridgehead atoms. The fourth-order valence-corrected chi connectivity index (χ4v) is 3.16. The van der Waals surface area contributed by atoms with Gasteiger partial charge in [0.1, 0.15) is 5.01 Å². The van der Waals surface area contributed by atoms with E-state index in [9.17, 15) is 0 Å². The summed E-state index contributed by atoms with van der Waals surface area (Å²) in [5.74, 6) is 0. The van der Waals surface area contributed by atoms with E-state index < -0.39 is 0 Å². The van der Waals surface area contributed by atoms with Crippen molar-refractivity contribution in [1.82, 2.24) is 10.3 Å². The summed E-state index contributed by atoms with van der Waals surface area (Å²) < 4.78 is 5.95. The predicted octanol–water partition coefficient (Wildman–Crippen LogP) is 2.81. The van der Waals surface area contributed by atoms with E-state index in [0.717, 1.165) is 10.7 Å². The molecule has 0 atom stereocenters. The monoisotopic (exact) mass is 254 g/mol. The molecule has 1 heterocycles. The quantitative estimate of drug-likeness (QED) is 0.897. The molecule has 1 aliphatic carbocycles. The van der Waals surface area contributed by atoms with E-state index in [-0.39, 0.29) is 0 Å². The Morgan fingerprint density at radius 3 is 2.53 bits per heavy atom. The molecule has 0 spiro atoms. The van der Waals surface area contributed by atoms with Crippen LogP contribution in [0.25, 0.3) is 0 Å². The molecular formula is C13H22N2OS. The van der Waals surface area contributed by atoms with Crippen LogP contribution in [0.1, 0.15) is 41.3 Å². The van der Waals surface area contributed by atoms with Gasteiger partial charge in [0, 0.05) is 10.9 Å². The first-order valence-corrected chi connectivity index (χ1v) is 7.22. The Morgan fingerprint density at radius 1 is 1.29 bits per heavy atom. The summed E-state index contributed by atoms with van der Waals surface area (Å²) >= 11 is 1.76. The average Bonchev–Trinajstić information content (AvgIpc) is 2.67. The second-order valence-electron chi connectivity index (χ2n) is 4.82. The van der Waals surface area contributed by atoms with Gasteiger partial charge in [0.15, 0.2) is 0 Å². The third-order valence-electron chi connectivity index (χ3n) is 3.60. The van der Waals surface area contributed by atoms with Gasteiger partial charge >= 0.3 is 0 Å². The third-order valence-corrected chi connectivity index (χ3v) is 4.64. The van der Waals surface area contributed by atoms with Gasteiger partial charge in [-0.3, -0.25) is 0 Å². The molecule has 4 heteroatoms. The van der Waals surface area contributed by atoms with E-state index in [1.54, 1.807) is 11.3 Å². The highest BCUT2D eigenvalue weighted by Gasteiger charge is 2.20. The Morgan fingerprint density at radius 2 is 2.00 bits per heavy atom. The highest BCUT2D eigenvalue weighted by atomic mass is 32.1. The SMILES string of the molecule is CNC1CCC(OCc2nc(C)c(C)s2)CC1. The first-order valence-electron chi connectivity index (χ1n) is 6.41. The normalized spacial score (nSPS) is 25.1. The molecule has 1 fully saturated rings. The second kappa shape index (κ2) is 5.94. The third kappa shape index (κ3) is 3.50. The molecular weight excluding hydrogens is 232 g/mol. The summed E-state index contributed by atoms with van der Waals surface area (Å²) in [5, 5.41) is 4.46. The van der Waals surface area contributed by atoms with E-state index >= 15 is 0 Å². The number of aromatic nitrogens is 1. The molecule has 1 saturated carbocycles. The zero-order valence-electron chi connectivity index (χ0n) is 11.0. The van der Waals surface area contributed by atoms with Crippen molar-refractivity contribution in [3.8, 4) is 0 Å². The number of nitrogens with zero attached hydrogens (tertiary/aromatic N) is 1. The summed E-state index contributed by atoms with van der Waals surface area (Å²) in [5.41, 5.74) is 1.15. The molecule has 1 N–H and O–H groups in total. The summed E-state index contributed by atoms with van der Waals surface area (Å²) in [6.45, 7) is 4.87. The standard InChI is InChI=1S/C13H22N2OS/c1-9-10(2)17-13(15-9)8-16-12-6-4-11(14-3)5-7-12/h11-12,14H,4-8H2,1-3H3. The maximum atomic E-state index is 5.95. The summed E-state index contributed by atoms with van der Waals surface area (Å²) in [7, 11) is 2.05. The molecule has 0 saturated heterocycles. The van der Waals surface area contributed by atoms with Crippen molar-refractivity contribution in [1.29, 1.82) is 0 Å². The molecule has 1 aromatic heterocycles. The Bertz CT molecular complexity index is 337. The minimum Gasteiger partial charge on any atom is -0.371 e. The van der Waals surface area contributed by atoms with Crippen molar-refractivity contribution in [3.05, 3.63) is 15.6 Å². The van der Waals surface area contributed by atoms with Crippen LogP contribution in [-0.2, 0) is 11.3 Å². The second-order valence-corrected chi connectivity index (χ2v) is 6.11. The van der Waals surface area contributed by atoms with Crippen molar-refractivity contribution in [2.45, 2.75) is 58.3 Å². The topological polar surface area (TPSA) is 34.1 Å². The molecule has 3 nitrogen and oxygen atoms in total. The molecule has 1 aromatic rings. The van der Waals surface area contributed by atoms with Gasteiger partial charge in [-0.2, -0.15) is 0 Å². The number of rotatable bonds is 4. The lowest BCUT2D eigenvalue weighted by molar-refractivity contribution is 0.0117. The molecule has 0 amide bonds. The number of hydrogen-bond donors (Lipinski definition) is 1. The van der Waals surface area contributed by atoms with Gasteiger partial charge in [-0.1, -0.05) is 0 Å². The van der Waals surface area contributed by atoms with Gasteiger partial charge in [0.25, 0.3) is 0 Å². The van der Waals surface area contributed by atoms with Gasteiger partial charge in [-0.15, -0.1) is 11.3 Å². The molecule has 1 aliphatic rings. The predicted molar refractivity (Wildman–Crippen MR) is 71.5 cm³/mol. The number of ether oxygens (including phenoxy) is 1. The highest BCUT2D eigenvalue weighted by molar-refractivity contribution is 7.11. The highest BCUT2D eigenvalue weighted by Crippen LogP contribution is 2.23. The number of nitrogens with one attached hydrogen (secondary N) is 1. The first-order chi connectivity index (χ1) is 8.19. The number of aryl methyl sites for hydroxylation is 2. The van der Waals surface area contributed by atoms with Crippen molar-refractivity contribution in [2.24, 2.45) is 0 Å². The van der Waals surface area contributed by atoms with Crippen LogP contribution in [0, 0.1) is 13.8 Å². The summed E-state index contributed by atoms with van der Waals surface area (Å²) in [6.07, 6.45) is 5.25. The van der Waals surface area contributed by atoms with E-state index in [1.165, 1.54) is 30.6 Å². The molecule has 0 radical (unpaired) electrons. The zero-order chi connectivity index (χ0) is 12.3. The molecule has 2 rings (SSSR count). The summed E-state index contributed by atoms with van der Waals surface area (Å²) in [4.78, 5) is 5.81. The van der Waals surface area contributed by atoms with E-state index in [0.29, 0.717) is 18.8 Å². The van der Waals surface area contributed by atoms with Gasteiger partial charge in [-0.25, -0.2) is 4.98 Å². The molecule has 0 aliphatic heterocycles. The van der Waals surface area contributed by atoms with Crippen molar-refractivity contribution in [3.63, 3.8) is 0 Å². The van der Waals surface area contributed by atoms with Crippen LogP contribution in [0.4, 0.5) is 0 Å². The lowest BCUT2D eigenvalue weighted by atomic mass is 9.93. The van der Waals surface area contributed by atoms with E-state index in [2.05, 4.69) is 24.1 Å². The average molecular weight is 254 g/mol. The Kier molecular flexibility index (Phi) is 4.54. The van der Waals surface area contributed by atoms with Crippen LogP contribution in [0.15, 0.2) is 0 Å². The minimum atomic E-state index is 0.434. The Balaban J connectivity index is 1.75. The molecule has 0 aromatic carbocycles. The maximum absolute atomic E-state index is 5.95. The van der Waals surface area contributed by atoms with Crippen LogP contribution in [0.5, 0.6) is 0 Å². The Hall–Kier alpha value is -0.450. The molecule has 17 heavy (non-hydrogen) atoms. The van der Waals surface area contributed by atoms with Crippen LogP contribution in [-0.4, -0.2) is 24.2 Å². The van der Waals surface area contributed by atoms with E-state index in [1.807, 2.05) is 7.05 Å². The van der Waals surface area contributed by atoms with Crippen LogP contribution in [0.2, 0.25) is 0 Å². The maximum Gasteiger partial charge on any atom is 0.119 e.